The average Bonchev–Trinajstić information content (AvgIpc) is 2.90. The highest BCUT2D eigenvalue weighted by molar-refractivity contribution is 7.22. The summed E-state index contributed by atoms with van der Waals surface area (Å²) in [4.78, 5) is 5.98. The van der Waals surface area contributed by atoms with E-state index in [1.807, 2.05) is 12.1 Å². The van der Waals surface area contributed by atoms with Crippen molar-refractivity contribution in [2.45, 2.75) is 0 Å². The molecule has 2 heterocycles. The number of fused-ring (bicyclic) bond motifs is 2. The number of hydrogen-bond acceptors (Lipinski definition) is 2. The molecule has 2 aromatic carbocycles. The van der Waals surface area contributed by atoms with Gasteiger partial charge >= 0.3 is 0 Å². The number of hydrogen-bond donors (Lipinski definition) is 0. The predicted octanol–water partition coefficient (Wildman–Crippen LogP) is 5.12. The molecule has 0 unspecified atom stereocenters. The van der Waals surface area contributed by atoms with Crippen LogP contribution in [0.25, 0.3) is 31.6 Å². The molecule has 0 aliphatic carbocycles. The van der Waals surface area contributed by atoms with Crippen LogP contribution in [0.1, 0.15) is 0 Å². The minimum atomic E-state index is 1.05. The summed E-state index contributed by atoms with van der Waals surface area (Å²) in [5.41, 5.74) is 2.11. The Labute approximate surface area is 115 Å². The van der Waals surface area contributed by atoms with E-state index >= 15 is 0 Å². The van der Waals surface area contributed by atoms with Gasteiger partial charge < -0.3 is 0 Å². The molecule has 0 saturated heterocycles. The van der Waals surface area contributed by atoms with Gasteiger partial charge in [-0.2, -0.15) is 0 Å². The second kappa shape index (κ2) is 4.18. The highest BCUT2D eigenvalue weighted by atomic mass is 32.1. The third-order valence-electron chi connectivity index (χ3n) is 3.28. The number of para-hydroxylation sites is 1. The maximum absolute atomic E-state index is 4.75. The van der Waals surface area contributed by atoms with Gasteiger partial charge in [0.2, 0.25) is 0 Å². The van der Waals surface area contributed by atoms with E-state index in [4.69, 9.17) is 4.98 Å². The summed E-state index contributed by atoms with van der Waals surface area (Å²) in [6.45, 7) is 0. The molecule has 0 atom stereocenters. The zero-order valence-electron chi connectivity index (χ0n) is 10.2. The van der Waals surface area contributed by atoms with Gasteiger partial charge in [-0.25, -0.2) is 4.98 Å². The van der Waals surface area contributed by atoms with Crippen LogP contribution in [0.4, 0.5) is 0 Å². The Morgan fingerprint density at radius 3 is 2.42 bits per heavy atom. The van der Waals surface area contributed by atoms with Crippen molar-refractivity contribution in [2.75, 3.05) is 0 Å². The standard InChI is InChI=1S/C17H11NS/c1-3-7-14-12(5-1)9-10-15(18-14)17-11-13-6-2-4-8-16(13)19-17/h1-11H. The lowest BCUT2D eigenvalue weighted by molar-refractivity contribution is 1.42. The third-order valence-corrected chi connectivity index (χ3v) is 4.41. The fourth-order valence-electron chi connectivity index (χ4n) is 2.31. The van der Waals surface area contributed by atoms with Crippen LogP contribution >= 0.6 is 11.3 Å². The van der Waals surface area contributed by atoms with Crippen LogP contribution in [0.3, 0.4) is 0 Å². The lowest BCUT2D eigenvalue weighted by Crippen LogP contribution is -1.81. The van der Waals surface area contributed by atoms with E-state index < -0.39 is 0 Å². The highest BCUT2D eigenvalue weighted by Crippen LogP contribution is 2.32. The van der Waals surface area contributed by atoms with E-state index in [0.717, 1.165) is 11.2 Å². The van der Waals surface area contributed by atoms with E-state index in [1.54, 1.807) is 11.3 Å². The first-order valence-electron chi connectivity index (χ1n) is 6.25. The summed E-state index contributed by atoms with van der Waals surface area (Å²) in [5.74, 6) is 0. The van der Waals surface area contributed by atoms with Gasteiger partial charge in [0.05, 0.1) is 16.1 Å². The molecule has 0 aliphatic rings. The summed E-state index contributed by atoms with van der Waals surface area (Å²) in [5, 5.41) is 2.48. The largest absolute Gasteiger partial charge is 0.247 e. The number of thiophene rings is 1. The number of aromatic nitrogens is 1. The molecule has 19 heavy (non-hydrogen) atoms. The Balaban J connectivity index is 1.93. The van der Waals surface area contributed by atoms with Crippen molar-refractivity contribution in [3.63, 3.8) is 0 Å². The molecule has 4 rings (SSSR count). The molecule has 0 N–H and O–H groups in total. The smallest absolute Gasteiger partial charge is 0.0809 e. The first kappa shape index (κ1) is 10.7. The van der Waals surface area contributed by atoms with E-state index in [9.17, 15) is 0 Å². The van der Waals surface area contributed by atoms with Gasteiger partial charge in [0.25, 0.3) is 0 Å². The minimum Gasteiger partial charge on any atom is -0.247 e. The first-order chi connectivity index (χ1) is 9.40. The molecule has 0 saturated carbocycles. The fourth-order valence-corrected chi connectivity index (χ4v) is 3.34. The van der Waals surface area contributed by atoms with E-state index in [1.165, 1.54) is 20.3 Å². The maximum atomic E-state index is 4.75. The summed E-state index contributed by atoms with van der Waals surface area (Å²) in [7, 11) is 0. The Morgan fingerprint density at radius 2 is 1.53 bits per heavy atom. The van der Waals surface area contributed by atoms with Gasteiger partial charge in [-0.1, -0.05) is 42.5 Å². The maximum Gasteiger partial charge on any atom is 0.0809 e. The van der Waals surface area contributed by atoms with Crippen LogP contribution in [0, 0.1) is 0 Å². The first-order valence-corrected chi connectivity index (χ1v) is 7.06. The Hall–Kier alpha value is -2.19. The lowest BCUT2D eigenvalue weighted by Gasteiger charge is -1.99. The molecule has 2 heteroatoms. The molecular weight excluding hydrogens is 250 g/mol. The van der Waals surface area contributed by atoms with E-state index in [-0.39, 0.29) is 0 Å². The molecule has 0 fully saturated rings. The van der Waals surface area contributed by atoms with Crippen molar-refractivity contribution in [3.05, 3.63) is 66.7 Å². The molecular formula is C17H11NS. The molecule has 0 spiro atoms. The average molecular weight is 261 g/mol. The normalized spacial score (nSPS) is 11.2. The van der Waals surface area contributed by atoms with Crippen molar-refractivity contribution < 1.29 is 0 Å². The number of rotatable bonds is 1. The van der Waals surface area contributed by atoms with Crippen molar-refractivity contribution in [2.24, 2.45) is 0 Å². The zero-order valence-corrected chi connectivity index (χ0v) is 11.0. The Bertz CT molecular complexity index is 843. The molecule has 2 aromatic heterocycles. The van der Waals surface area contributed by atoms with Crippen molar-refractivity contribution in [1.29, 1.82) is 0 Å². The van der Waals surface area contributed by atoms with E-state index in [0.29, 0.717) is 0 Å². The summed E-state index contributed by atoms with van der Waals surface area (Å²) in [6.07, 6.45) is 0. The van der Waals surface area contributed by atoms with Crippen LogP contribution < -0.4 is 0 Å². The van der Waals surface area contributed by atoms with Gasteiger partial charge in [-0.15, -0.1) is 11.3 Å². The van der Waals surface area contributed by atoms with Crippen LogP contribution in [-0.4, -0.2) is 4.98 Å². The Kier molecular flexibility index (Phi) is 2.35. The molecule has 0 aliphatic heterocycles. The van der Waals surface area contributed by atoms with Crippen molar-refractivity contribution in [1.82, 2.24) is 4.98 Å². The van der Waals surface area contributed by atoms with Gasteiger partial charge in [0, 0.05) is 10.1 Å². The van der Waals surface area contributed by atoms with Crippen molar-refractivity contribution in [3.8, 4) is 10.6 Å². The summed E-state index contributed by atoms with van der Waals surface area (Å²) >= 11 is 1.80. The highest BCUT2D eigenvalue weighted by Gasteiger charge is 2.05. The lowest BCUT2D eigenvalue weighted by atomic mass is 10.2. The molecule has 90 valence electrons. The van der Waals surface area contributed by atoms with E-state index in [2.05, 4.69) is 54.6 Å². The topological polar surface area (TPSA) is 12.9 Å². The van der Waals surface area contributed by atoms with Crippen LogP contribution in [0.5, 0.6) is 0 Å². The monoisotopic (exact) mass is 261 g/mol. The Morgan fingerprint density at radius 1 is 0.737 bits per heavy atom. The van der Waals surface area contributed by atoms with Crippen molar-refractivity contribution >= 4 is 32.3 Å². The number of nitrogens with zero attached hydrogens (tertiary/aromatic N) is 1. The van der Waals surface area contributed by atoms with Gasteiger partial charge in [-0.3, -0.25) is 0 Å². The number of benzene rings is 2. The van der Waals surface area contributed by atoms with Crippen LogP contribution in [0.2, 0.25) is 0 Å². The summed E-state index contributed by atoms with van der Waals surface area (Å²) in [6, 6.07) is 23.2. The molecule has 0 bridgehead atoms. The third kappa shape index (κ3) is 1.81. The summed E-state index contributed by atoms with van der Waals surface area (Å²) < 4.78 is 1.31. The quantitative estimate of drug-likeness (QED) is 0.463. The van der Waals surface area contributed by atoms with Gasteiger partial charge in [-0.05, 0) is 29.7 Å². The molecule has 0 radical (unpaired) electrons. The second-order valence-electron chi connectivity index (χ2n) is 4.54. The molecule has 4 aromatic rings. The molecule has 1 nitrogen and oxygen atoms in total. The fraction of sp³-hybridized carbons (Fsp3) is 0. The zero-order chi connectivity index (χ0) is 12.7. The van der Waals surface area contributed by atoms with Crippen LogP contribution in [0.15, 0.2) is 66.7 Å². The SMILES string of the molecule is c1ccc2nc(-c3cc4ccccc4s3)ccc2c1. The predicted molar refractivity (Wildman–Crippen MR) is 82.6 cm³/mol. The van der Waals surface area contributed by atoms with Gasteiger partial charge in [0.15, 0.2) is 0 Å². The minimum absolute atomic E-state index is 1.05. The molecule has 0 amide bonds. The number of pyridine rings is 1. The van der Waals surface area contributed by atoms with Gasteiger partial charge in [0.1, 0.15) is 0 Å². The van der Waals surface area contributed by atoms with Crippen LogP contribution in [-0.2, 0) is 0 Å². The second-order valence-corrected chi connectivity index (χ2v) is 5.62.